The van der Waals surface area contributed by atoms with Gasteiger partial charge in [-0.05, 0) is 115 Å². The highest BCUT2D eigenvalue weighted by molar-refractivity contribution is 5.64. The van der Waals surface area contributed by atoms with Crippen LogP contribution < -0.4 is 16.0 Å². The summed E-state index contributed by atoms with van der Waals surface area (Å²) < 4.78 is 5.13. The second-order valence-electron chi connectivity index (χ2n) is 11.5. The number of allylic oxidation sites excluding steroid dienone is 6. The first-order chi connectivity index (χ1) is 24.5. The number of piperidine rings is 1. The van der Waals surface area contributed by atoms with Gasteiger partial charge < -0.3 is 20.7 Å². The van der Waals surface area contributed by atoms with Gasteiger partial charge >= 0.3 is 0 Å². The molecule has 0 radical (unpaired) electrons. The average Bonchev–Trinajstić information content (AvgIpc) is 3.13. The van der Waals surface area contributed by atoms with Gasteiger partial charge in [0.15, 0.2) is 0 Å². The van der Waals surface area contributed by atoms with Crippen molar-refractivity contribution >= 4 is 23.3 Å². The molecule has 0 amide bonds. The fraction of sp³-hybridized carbons (Fsp3) is 0.500. The molecule has 5 nitrogen and oxygen atoms in total. The largest absolute Gasteiger partial charge is 0.381 e. The Labute approximate surface area is 317 Å². The third-order valence-corrected chi connectivity index (χ3v) is 6.42. The Balaban J connectivity index is -0.000000413. The van der Waals surface area contributed by atoms with Crippen LogP contribution in [-0.4, -0.2) is 38.3 Å². The van der Waals surface area contributed by atoms with E-state index in [-0.39, 0.29) is 0 Å². The maximum atomic E-state index is 5.13. The Hall–Kier alpha value is -3.85. The molecule has 3 rings (SSSR count). The number of anilines is 3. The minimum atomic E-state index is 0.755. The lowest BCUT2D eigenvalue weighted by Crippen LogP contribution is -2.34. The Kier molecular flexibility index (Phi) is 41.2. The summed E-state index contributed by atoms with van der Waals surface area (Å²) in [5.41, 5.74) is 12.5. The lowest BCUT2D eigenvalue weighted by atomic mass is 10.00. The fourth-order valence-electron chi connectivity index (χ4n) is 4.45. The summed E-state index contributed by atoms with van der Waals surface area (Å²) in [4.78, 5) is 6.97. The number of rotatable bonds is 10. The number of hydrogen-bond acceptors (Lipinski definition) is 5. The van der Waals surface area contributed by atoms with Crippen molar-refractivity contribution in [3.63, 3.8) is 0 Å². The number of aromatic nitrogens is 1. The average molecular weight is 703 g/mol. The SMILES string of the molecule is C=C(C)C#CC.C=C(C)C(/C=C/c1ccc(Nc2cc(N3CCCC(C)C3)ccn2)cc1)=C(C)C.C=CC.CC.CC.CCCOCCC.CN. The van der Waals surface area contributed by atoms with Crippen LogP contribution >= 0.6 is 0 Å². The van der Waals surface area contributed by atoms with Gasteiger partial charge in [0, 0.05) is 49.9 Å². The monoisotopic (exact) mass is 703 g/mol. The topological polar surface area (TPSA) is 63.4 Å². The van der Waals surface area contributed by atoms with Gasteiger partial charge in [-0.2, -0.15) is 0 Å². The first-order valence-corrected chi connectivity index (χ1v) is 18.9. The number of nitrogens with two attached hydrogens (primary N) is 1. The van der Waals surface area contributed by atoms with Crippen LogP contribution in [0.3, 0.4) is 0 Å². The first kappa shape index (κ1) is 53.9. The second kappa shape index (κ2) is 38.9. The molecule has 51 heavy (non-hydrogen) atoms. The number of benzene rings is 1. The normalized spacial score (nSPS) is 12.1. The summed E-state index contributed by atoms with van der Waals surface area (Å²) in [5, 5.41) is 3.44. The predicted octanol–water partition coefficient (Wildman–Crippen LogP) is 13.2. The van der Waals surface area contributed by atoms with Crippen molar-refractivity contribution in [2.24, 2.45) is 11.7 Å². The Morgan fingerprint density at radius 2 is 1.55 bits per heavy atom. The molecular formula is C46H78N4O. The fourth-order valence-corrected chi connectivity index (χ4v) is 4.45. The maximum absolute atomic E-state index is 5.13. The van der Waals surface area contributed by atoms with E-state index in [0.29, 0.717) is 0 Å². The molecule has 1 aliphatic rings. The van der Waals surface area contributed by atoms with Crippen molar-refractivity contribution in [3.8, 4) is 11.8 Å². The maximum Gasteiger partial charge on any atom is 0.132 e. The van der Waals surface area contributed by atoms with E-state index in [0.717, 1.165) is 67.7 Å². The summed E-state index contributed by atoms with van der Waals surface area (Å²) >= 11 is 0. The summed E-state index contributed by atoms with van der Waals surface area (Å²) in [6.07, 6.45) is 12.8. The number of hydrogen-bond donors (Lipinski definition) is 2. The molecule has 1 aromatic carbocycles. The summed E-state index contributed by atoms with van der Waals surface area (Å²) in [6, 6.07) is 12.7. The van der Waals surface area contributed by atoms with Gasteiger partial charge in [-0.1, -0.05) is 109 Å². The minimum Gasteiger partial charge on any atom is -0.381 e. The zero-order chi connectivity index (χ0) is 40.0. The van der Waals surface area contributed by atoms with E-state index in [1.54, 1.807) is 13.0 Å². The van der Waals surface area contributed by atoms with E-state index in [4.69, 9.17) is 4.74 Å². The molecule has 0 saturated carbocycles. The van der Waals surface area contributed by atoms with Crippen molar-refractivity contribution in [1.82, 2.24) is 4.98 Å². The number of pyridine rings is 1. The van der Waals surface area contributed by atoms with E-state index in [9.17, 15) is 0 Å². The second-order valence-corrected chi connectivity index (χ2v) is 11.5. The third-order valence-electron chi connectivity index (χ3n) is 6.42. The summed E-state index contributed by atoms with van der Waals surface area (Å²) in [6.45, 7) is 41.5. The number of nitrogens with zero attached hydrogens (tertiary/aromatic N) is 2. The van der Waals surface area contributed by atoms with Gasteiger partial charge in [0.1, 0.15) is 5.82 Å². The number of ether oxygens (including phenoxy) is 1. The zero-order valence-corrected chi connectivity index (χ0v) is 35.5. The van der Waals surface area contributed by atoms with E-state index in [1.165, 1.54) is 42.3 Å². The van der Waals surface area contributed by atoms with E-state index in [1.807, 2.05) is 54.7 Å². The Bertz CT molecular complexity index is 1250. The third kappa shape index (κ3) is 30.7. The first-order valence-electron chi connectivity index (χ1n) is 18.9. The molecule has 2 heterocycles. The summed E-state index contributed by atoms with van der Waals surface area (Å²) in [7, 11) is 1.50. The highest BCUT2D eigenvalue weighted by Crippen LogP contribution is 2.26. The van der Waals surface area contributed by atoms with E-state index >= 15 is 0 Å². The molecule has 1 atom stereocenters. The molecule has 2 aromatic rings. The highest BCUT2D eigenvalue weighted by atomic mass is 16.5. The Morgan fingerprint density at radius 1 is 1.00 bits per heavy atom. The summed E-state index contributed by atoms with van der Waals surface area (Å²) in [5.74, 6) is 7.12. The van der Waals surface area contributed by atoms with Crippen LogP contribution in [-0.2, 0) is 4.74 Å². The van der Waals surface area contributed by atoms with Crippen LogP contribution in [0.2, 0.25) is 0 Å². The van der Waals surface area contributed by atoms with E-state index in [2.05, 4.69) is 136 Å². The van der Waals surface area contributed by atoms with Crippen LogP contribution in [0.15, 0.2) is 96.8 Å². The van der Waals surface area contributed by atoms with Gasteiger partial charge in [0.25, 0.3) is 0 Å². The van der Waals surface area contributed by atoms with Crippen molar-refractivity contribution < 1.29 is 4.74 Å². The van der Waals surface area contributed by atoms with Crippen LogP contribution in [0.1, 0.15) is 121 Å². The smallest absolute Gasteiger partial charge is 0.132 e. The van der Waals surface area contributed by atoms with Gasteiger partial charge in [0.2, 0.25) is 0 Å². The van der Waals surface area contributed by atoms with Crippen molar-refractivity contribution in [2.75, 3.05) is 43.6 Å². The zero-order valence-electron chi connectivity index (χ0n) is 35.5. The van der Waals surface area contributed by atoms with Crippen molar-refractivity contribution in [1.29, 1.82) is 0 Å². The molecule has 288 valence electrons. The lowest BCUT2D eigenvalue weighted by Gasteiger charge is -2.32. The van der Waals surface area contributed by atoms with Crippen LogP contribution in [0.25, 0.3) is 6.08 Å². The Morgan fingerprint density at radius 3 is 1.96 bits per heavy atom. The predicted molar refractivity (Wildman–Crippen MR) is 235 cm³/mol. The molecule has 1 aliphatic heterocycles. The quantitative estimate of drug-likeness (QED) is 0.112. The molecule has 0 spiro atoms. The molecule has 0 aliphatic carbocycles. The standard InChI is InChI=1S/C26H33N3.C6H14O.C6H8.C3H6.2C2H6.CH5N/c1-19(2)25(20(3)4)13-10-22-8-11-23(12-9-22)28-26-17-24(14-15-27-26)29-16-6-7-21(5)18-29;1-3-5-7-6-4-2;1-4-5-6(2)3;1-3-2;3*1-2/h8-15,17,21H,1,6-7,16,18H2,2-5H3,(H,27,28);3-6H2,1-2H3;2H2,1,3H3;3H,1H2,2H3;2*1-2H3;2H2,1H3/b13-10+;;;;;;. The molecule has 1 fully saturated rings. The molecule has 0 bridgehead atoms. The van der Waals surface area contributed by atoms with Gasteiger partial charge in [0.05, 0.1) is 0 Å². The van der Waals surface area contributed by atoms with Crippen LogP contribution in [0, 0.1) is 17.8 Å². The molecular weight excluding hydrogens is 625 g/mol. The lowest BCUT2D eigenvalue weighted by molar-refractivity contribution is 0.135. The molecule has 1 unspecified atom stereocenters. The van der Waals surface area contributed by atoms with Gasteiger partial charge in [-0.3, -0.25) is 0 Å². The molecule has 1 aromatic heterocycles. The van der Waals surface area contributed by atoms with Crippen LogP contribution in [0.5, 0.6) is 0 Å². The highest BCUT2D eigenvalue weighted by Gasteiger charge is 2.17. The van der Waals surface area contributed by atoms with Gasteiger partial charge in [-0.25, -0.2) is 4.98 Å². The van der Waals surface area contributed by atoms with Crippen LogP contribution in [0.4, 0.5) is 17.2 Å². The van der Waals surface area contributed by atoms with Crippen molar-refractivity contribution in [2.45, 2.75) is 116 Å². The molecule has 5 heteroatoms. The molecule has 3 N–H and O–H groups in total. The number of nitrogens with one attached hydrogen (secondary N) is 1. The minimum absolute atomic E-state index is 0.755. The van der Waals surface area contributed by atoms with Gasteiger partial charge in [-0.15, -0.1) is 12.5 Å². The van der Waals surface area contributed by atoms with Crippen molar-refractivity contribution in [3.05, 3.63) is 102 Å². The molecule has 1 saturated heterocycles. The van der Waals surface area contributed by atoms with E-state index < -0.39 is 0 Å².